The van der Waals surface area contributed by atoms with Gasteiger partial charge >= 0.3 is 6.03 Å². The summed E-state index contributed by atoms with van der Waals surface area (Å²) in [5.74, 6) is 0.392. The molecular weight excluding hydrogens is 298 g/mol. The molecule has 23 heavy (non-hydrogen) atoms. The van der Waals surface area contributed by atoms with E-state index >= 15 is 0 Å². The number of hydrogen-bond acceptors (Lipinski definition) is 4. The molecular formula is C15H19N5O3. The van der Waals surface area contributed by atoms with Gasteiger partial charge in [0.1, 0.15) is 5.82 Å². The summed E-state index contributed by atoms with van der Waals surface area (Å²) in [5.41, 5.74) is 6.14. The quantitative estimate of drug-likeness (QED) is 0.736. The number of nitrogens with zero attached hydrogens (tertiary/aromatic N) is 4. The fourth-order valence-corrected chi connectivity index (χ4v) is 2.84. The zero-order chi connectivity index (χ0) is 16.4. The van der Waals surface area contributed by atoms with Crippen molar-refractivity contribution in [1.29, 1.82) is 0 Å². The highest BCUT2D eigenvalue weighted by Gasteiger charge is 2.41. The molecule has 0 radical (unpaired) electrons. The molecule has 1 aromatic heterocycles. The van der Waals surface area contributed by atoms with Crippen molar-refractivity contribution in [2.45, 2.75) is 18.9 Å². The van der Waals surface area contributed by atoms with Crippen molar-refractivity contribution < 1.29 is 14.4 Å². The van der Waals surface area contributed by atoms with Crippen LogP contribution >= 0.6 is 0 Å². The van der Waals surface area contributed by atoms with E-state index in [0.29, 0.717) is 19.5 Å². The molecule has 0 spiro atoms. The topological polar surface area (TPSA) is 93.7 Å². The SMILES string of the molecule is C=CCON1C(=O)N2CC(n3ccnc3CCC(N)=O)=CC1C2. The first kappa shape index (κ1) is 15.3. The summed E-state index contributed by atoms with van der Waals surface area (Å²) < 4.78 is 1.91. The van der Waals surface area contributed by atoms with Crippen LogP contribution in [0.5, 0.6) is 0 Å². The van der Waals surface area contributed by atoms with E-state index in [-0.39, 0.29) is 31.0 Å². The molecule has 1 fully saturated rings. The number of carbonyl (C=O) groups is 2. The predicted molar refractivity (Wildman–Crippen MR) is 82.8 cm³/mol. The standard InChI is InChI=1S/C15H19N5O3/c1-2-7-23-20-12-8-11(9-18(10-12)15(20)22)19-6-5-17-14(19)4-3-13(16)21/h2,5-6,8,12H,1,3-4,7,9-10H2,(H2,16,21). The number of imidazole rings is 1. The highest BCUT2D eigenvalue weighted by Crippen LogP contribution is 2.27. The minimum absolute atomic E-state index is 0.141. The molecule has 0 aromatic carbocycles. The molecule has 0 aliphatic carbocycles. The molecule has 3 amide bonds. The number of aromatic nitrogens is 2. The Balaban J connectivity index is 1.80. The van der Waals surface area contributed by atoms with Crippen LogP contribution in [0, 0.1) is 0 Å². The van der Waals surface area contributed by atoms with Crippen molar-refractivity contribution in [3.8, 4) is 0 Å². The number of primary amides is 1. The Kier molecular flexibility index (Phi) is 4.16. The Labute approximate surface area is 133 Å². The first-order valence-corrected chi connectivity index (χ1v) is 7.43. The number of hydroxylamine groups is 2. The minimum atomic E-state index is -0.361. The van der Waals surface area contributed by atoms with Gasteiger partial charge < -0.3 is 15.2 Å². The molecule has 122 valence electrons. The summed E-state index contributed by atoms with van der Waals surface area (Å²) in [6.45, 7) is 4.96. The van der Waals surface area contributed by atoms with Crippen molar-refractivity contribution in [3.63, 3.8) is 0 Å². The molecule has 0 saturated carbocycles. The van der Waals surface area contributed by atoms with Crippen LogP contribution in [-0.2, 0) is 16.1 Å². The van der Waals surface area contributed by atoms with E-state index in [1.54, 1.807) is 17.2 Å². The third-order valence-electron chi connectivity index (χ3n) is 3.86. The third-order valence-corrected chi connectivity index (χ3v) is 3.86. The number of rotatable bonds is 7. The van der Waals surface area contributed by atoms with E-state index in [4.69, 9.17) is 10.6 Å². The van der Waals surface area contributed by atoms with Crippen molar-refractivity contribution in [1.82, 2.24) is 19.5 Å². The number of aryl methyl sites for hydroxylation is 1. The van der Waals surface area contributed by atoms with Gasteiger partial charge in [-0.15, -0.1) is 6.58 Å². The lowest BCUT2D eigenvalue weighted by Gasteiger charge is -2.23. The fraction of sp³-hybridized carbons (Fsp3) is 0.400. The number of urea groups is 1. The summed E-state index contributed by atoms with van der Waals surface area (Å²) in [4.78, 5) is 34.7. The molecule has 2 bridgehead atoms. The molecule has 8 nitrogen and oxygen atoms in total. The maximum absolute atomic E-state index is 12.3. The maximum Gasteiger partial charge on any atom is 0.345 e. The van der Waals surface area contributed by atoms with E-state index in [9.17, 15) is 9.59 Å². The van der Waals surface area contributed by atoms with Crippen LogP contribution in [0.3, 0.4) is 0 Å². The third kappa shape index (κ3) is 2.98. The van der Waals surface area contributed by atoms with Gasteiger partial charge in [-0.3, -0.25) is 9.63 Å². The largest absolute Gasteiger partial charge is 0.370 e. The normalized spacial score (nSPS) is 19.9. The van der Waals surface area contributed by atoms with Crippen molar-refractivity contribution in [2.75, 3.05) is 19.7 Å². The van der Waals surface area contributed by atoms with E-state index in [1.807, 2.05) is 16.8 Å². The first-order valence-electron chi connectivity index (χ1n) is 7.43. The number of nitrogens with two attached hydrogens (primary N) is 1. The molecule has 3 rings (SSSR count). The van der Waals surface area contributed by atoms with Crippen LogP contribution in [0.4, 0.5) is 4.79 Å². The maximum atomic E-state index is 12.3. The number of carbonyl (C=O) groups excluding carboxylic acids is 2. The zero-order valence-electron chi connectivity index (χ0n) is 12.7. The van der Waals surface area contributed by atoms with Crippen molar-refractivity contribution in [3.05, 3.63) is 36.9 Å². The smallest absolute Gasteiger partial charge is 0.345 e. The molecule has 1 saturated heterocycles. The van der Waals surface area contributed by atoms with E-state index < -0.39 is 0 Å². The molecule has 1 unspecified atom stereocenters. The van der Waals surface area contributed by atoms with E-state index in [0.717, 1.165) is 11.5 Å². The lowest BCUT2D eigenvalue weighted by atomic mass is 10.1. The van der Waals surface area contributed by atoms with Crippen molar-refractivity contribution >= 4 is 17.6 Å². The molecule has 2 aliphatic heterocycles. The van der Waals surface area contributed by atoms with Crippen LogP contribution in [0.1, 0.15) is 12.2 Å². The molecule has 1 aromatic rings. The average molecular weight is 317 g/mol. The van der Waals surface area contributed by atoms with Crippen LogP contribution in [0.25, 0.3) is 5.70 Å². The summed E-state index contributed by atoms with van der Waals surface area (Å²) in [6, 6.07) is -0.292. The Morgan fingerprint density at radius 2 is 2.39 bits per heavy atom. The first-order chi connectivity index (χ1) is 11.1. The van der Waals surface area contributed by atoms with Gasteiger partial charge in [-0.2, -0.15) is 5.06 Å². The van der Waals surface area contributed by atoms with Gasteiger partial charge in [0.2, 0.25) is 5.91 Å². The summed E-state index contributed by atoms with van der Waals surface area (Å²) in [7, 11) is 0. The average Bonchev–Trinajstić information content (AvgIpc) is 3.08. The molecule has 3 heterocycles. The Hall–Kier alpha value is -2.61. The summed E-state index contributed by atoms with van der Waals surface area (Å²) in [5, 5.41) is 1.38. The fourth-order valence-electron chi connectivity index (χ4n) is 2.84. The van der Waals surface area contributed by atoms with Crippen molar-refractivity contribution in [2.24, 2.45) is 5.73 Å². The Bertz CT molecular complexity index is 666. The predicted octanol–water partition coefficient (Wildman–Crippen LogP) is 0.379. The van der Waals surface area contributed by atoms with Gasteiger partial charge in [0.05, 0.1) is 19.2 Å². The van der Waals surface area contributed by atoms with Gasteiger partial charge in [0.25, 0.3) is 0 Å². The lowest BCUT2D eigenvalue weighted by molar-refractivity contribution is -0.118. The molecule has 8 heteroatoms. The highest BCUT2D eigenvalue weighted by atomic mass is 16.7. The number of fused-ring (bicyclic) bond motifs is 2. The Morgan fingerprint density at radius 1 is 1.57 bits per heavy atom. The van der Waals surface area contributed by atoms with E-state index in [2.05, 4.69) is 11.6 Å². The second kappa shape index (κ2) is 6.25. The van der Waals surface area contributed by atoms with Crippen LogP contribution in [0.2, 0.25) is 0 Å². The summed E-state index contributed by atoms with van der Waals surface area (Å²) >= 11 is 0. The van der Waals surface area contributed by atoms with Crippen LogP contribution in [-0.4, -0.2) is 57.2 Å². The van der Waals surface area contributed by atoms with Gasteiger partial charge in [-0.25, -0.2) is 9.78 Å². The number of hydrogen-bond donors (Lipinski definition) is 1. The van der Waals surface area contributed by atoms with Gasteiger partial charge in [0, 0.05) is 37.5 Å². The van der Waals surface area contributed by atoms with Crippen LogP contribution in [0.15, 0.2) is 31.1 Å². The summed E-state index contributed by atoms with van der Waals surface area (Å²) in [6.07, 6.45) is 7.82. The number of amides is 3. The molecule has 2 N–H and O–H groups in total. The highest BCUT2D eigenvalue weighted by molar-refractivity contribution is 5.80. The van der Waals surface area contributed by atoms with Crippen LogP contribution < -0.4 is 5.73 Å². The van der Waals surface area contributed by atoms with E-state index in [1.165, 1.54) is 5.06 Å². The molecule has 2 aliphatic rings. The minimum Gasteiger partial charge on any atom is -0.370 e. The second-order valence-corrected chi connectivity index (χ2v) is 5.48. The Morgan fingerprint density at radius 3 is 3.13 bits per heavy atom. The molecule has 1 atom stereocenters. The zero-order valence-corrected chi connectivity index (χ0v) is 12.7. The monoisotopic (exact) mass is 317 g/mol. The lowest BCUT2D eigenvalue weighted by Crippen LogP contribution is -2.33. The second-order valence-electron chi connectivity index (χ2n) is 5.48. The van der Waals surface area contributed by atoms with Gasteiger partial charge in [-0.1, -0.05) is 6.08 Å². The van der Waals surface area contributed by atoms with Gasteiger partial charge in [0.15, 0.2) is 0 Å². The van der Waals surface area contributed by atoms with Gasteiger partial charge in [-0.05, 0) is 6.08 Å².